The van der Waals surface area contributed by atoms with E-state index in [9.17, 15) is 27.6 Å². The van der Waals surface area contributed by atoms with Gasteiger partial charge in [-0.15, -0.1) is 0 Å². The highest BCUT2D eigenvalue weighted by Crippen LogP contribution is 2.48. The fraction of sp³-hybridized carbons (Fsp3) is 0.667. The first-order valence-electron chi connectivity index (χ1n) is 7.77. The van der Waals surface area contributed by atoms with Gasteiger partial charge in [-0.1, -0.05) is 0 Å². The molecule has 3 aliphatic rings. The standard InChI is InChI=1S/C15H17F3N2O4/c16-15(17,18)13(23)24-12-14(3-5-19-6-4-14)8-11(22)20(12)9-1-2-10(21)7-9/h7,12,19H,1-6,8H2. The molecule has 1 unspecified atom stereocenters. The minimum Gasteiger partial charge on any atom is -0.434 e. The Labute approximate surface area is 136 Å². The van der Waals surface area contributed by atoms with E-state index < -0.39 is 29.7 Å². The molecule has 2 saturated heterocycles. The van der Waals surface area contributed by atoms with Gasteiger partial charge in [0.2, 0.25) is 5.91 Å². The van der Waals surface area contributed by atoms with E-state index in [0.717, 1.165) is 4.90 Å². The van der Waals surface area contributed by atoms with Crippen molar-refractivity contribution in [3.8, 4) is 0 Å². The zero-order valence-corrected chi connectivity index (χ0v) is 12.8. The van der Waals surface area contributed by atoms with Crippen LogP contribution in [0, 0.1) is 5.41 Å². The Balaban J connectivity index is 1.94. The van der Waals surface area contributed by atoms with Crippen LogP contribution in [0.4, 0.5) is 13.2 Å². The third-order valence-electron chi connectivity index (χ3n) is 4.84. The summed E-state index contributed by atoms with van der Waals surface area (Å²) in [7, 11) is 0. The van der Waals surface area contributed by atoms with Gasteiger partial charge in [0, 0.05) is 30.0 Å². The molecule has 1 spiro atoms. The van der Waals surface area contributed by atoms with Crippen molar-refractivity contribution < 1.29 is 32.3 Å². The Hall–Kier alpha value is -1.90. The molecule has 6 nitrogen and oxygen atoms in total. The molecular weight excluding hydrogens is 329 g/mol. The number of ketones is 1. The van der Waals surface area contributed by atoms with Crippen LogP contribution in [0.3, 0.4) is 0 Å². The maximum atomic E-state index is 12.7. The number of carbonyl (C=O) groups is 3. The number of hydrogen-bond acceptors (Lipinski definition) is 5. The molecule has 0 aromatic heterocycles. The van der Waals surface area contributed by atoms with Gasteiger partial charge in [0.15, 0.2) is 12.0 Å². The lowest BCUT2D eigenvalue weighted by Crippen LogP contribution is -2.49. The van der Waals surface area contributed by atoms with E-state index in [0.29, 0.717) is 31.6 Å². The smallest absolute Gasteiger partial charge is 0.434 e. The molecule has 2 fully saturated rings. The summed E-state index contributed by atoms with van der Waals surface area (Å²) >= 11 is 0. The van der Waals surface area contributed by atoms with E-state index in [2.05, 4.69) is 5.32 Å². The third kappa shape index (κ3) is 2.92. The Morgan fingerprint density at radius 2 is 1.92 bits per heavy atom. The van der Waals surface area contributed by atoms with E-state index in [1.54, 1.807) is 0 Å². The van der Waals surface area contributed by atoms with Gasteiger partial charge in [0.25, 0.3) is 0 Å². The number of allylic oxidation sites excluding steroid dienone is 2. The summed E-state index contributed by atoms with van der Waals surface area (Å²) in [5, 5.41) is 3.09. The van der Waals surface area contributed by atoms with Gasteiger partial charge in [-0.25, -0.2) is 4.79 Å². The molecule has 24 heavy (non-hydrogen) atoms. The second-order valence-electron chi connectivity index (χ2n) is 6.41. The number of rotatable bonds is 2. The first-order valence-corrected chi connectivity index (χ1v) is 7.77. The first-order chi connectivity index (χ1) is 11.2. The number of esters is 1. The maximum Gasteiger partial charge on any atom is 0.491 e. The molecule has 0 bridgehead atoms. The highest BCUT2D eigenvalue weighted by molar-refractivity contribution is 5.94. The van der Waals surface area contributed by atoms with Crippen molar-refractivity contribution in [2.45, 2.75) is 44.5 Å². The number of halogens is 3. The topological polar surface area (TPSA) is 75.7 Å². The lowest BCUT2D eigenvalue weighted by atomic mass is 9.76. The van der Waals surface area contributed by atoms with Gasteiger partial charge < -0.3 is 10.1 Å². The number of carbonyl (C=O) groups excluding carboxylic acids is 3. The molecule has 0 saturated carbocycles. The Morgan fingerprint density at radius 3 is 2.46 bits per heavy atom. The van der Waals surface area contributed by atoms with Crippen LogP contribution < -0.4 is 5.32 Å². The molecule has 0 aromatic carbocycles. The van der Waals surface area contributed by atoms with Crippen molar-refractivity contribution in [1.82, 2.24) is 10.2 Å². The average molecular weight is 346 g/mol. The molecule has 1 atom stereocenters. The molecule has 1 amide bonds. The zero-order chi connectivity index (χ0) is 17.5. The number of ether oxygens (including phenoxy) is 1. The van der Waals surface area contributed by atoms with Crippen molar-refractivity contribution in [1.29, 1.82) is 0 Å². The zero-order valence-electron chi connectivity index (χ0n) is 12.8. The fourth-order valence-electron chi connectivity index (χ4n) is 3.65. The summed E-state index contributed by atoms with van der Waals surface area (Å²) in [4.78, 5) is 36.4. The first kappa shape index (κ1) is 16.9. The largest absolute Gasteiger partial charge is 0.491 e. The Bertz CT molecular complexity index is 608. The van der Waals surface area contributed by atoms with Crippen molar-refractivity contribution in [3.05, 3.63) is 11.8 Å². The van der Waals surface area contributed by atoms with Crippen LogP contribution in [0.15, 0.2) is 11.8 Å². The molecule has 0 radical (unpaired) electrons. The second kappa shape index (κ2) is 5.87. The molecule has 1 aliphatic carbocycles. The Kier molecular flexibility index (Phi) is 4.15. The van der Waals surface area contributed by atoms with Gasteiger partial charge in [0.05, 0.1) is 0 Å². The van der Waals surface area contributed by atoms with E-state index in [1.165, 1.54) is 6.08 Å². The van der Waals surface area contributed by atoms with Crippen molar-refractivity contribution in [2.75, 3.05) is 13.1 Å². The van der Waals surface area contributed by atoms with Gasteiger partial charge in [-0.3, -0.25) is 14.5 Å². The van der Waals surface area contributed by atoms with E-state index >= 15 is 0 Å². The number of alkyl halides is 3. The van der Waals surface area contributed by atoms with Gasteiger partial charge in [-0.05, 0) is 32.4 Å². The lowest BCUT2D eigenvalue weighted by molar-refractivity contribution is -0.217. The molecule has 2 aliphatic heterocycles. The van der Waals surface area contributed by atoms with Crippen LogP contribution in [-0.2, 0) is 19.1 Å². The van der Waals surface area contributed by atoms with Crippen LogP contribution in [0.2, 0.25) is 0 Å². The van der Waals surface area contributed by atoms with Crippen molar-refractivity contribution in [2.24, 2.45) is 5.41 Å². The number of hydrogen-bond donors (Lipinski definition) is 1. The SMILES string of the molecule is O=C1C=C(N2C(=O)CC3(CCNCC3)C2OC(=O)C(F)(F)F)CC1. The number of nitrogens with zero attached hydrogens (tertiary/aromatic N) is 1. The monoisotopic (exact) mass is 346 g/mol. The van der Waals surface area contributed by atoms with Crippen LogP contribution in [0.5, 0.6) is 0 Å². The van der Waals surface area contributed by atoms with Crippen LogP contribution in [-0.4, -0.2) is 48.1 Å². The molecule has 2 heterocycles. The third-order valence-corrected chi connectivity index (χ3v) is 4.84. The number of amides is 1. The minimum atomic E-state index is -5.13. The van der Waals surface area contributed by atoms with Crippen LogP contribution in [0.25, 0.3) is 0 Å². The normalized spacial score (nSPS) is 26.9. The van der Waals surface area contributed by atoms with Gasteiger partial charge >= 0.3 is 12.1 Å². The van der Waals surface area contributed by atoms with Crippen molar-refractivity contribution >= 4 is 17.7 Å². The summed E-state index contributed by atoms with van der Waals surface area (Å²) in [6.07, 6.45) is -3.88. The fourth-order valence-corrected chi connectivity index (χ4v) is 3.65. The molecule has 1 N–H and O–H groups in total. The molecular formula is C15H17F3N2O4. The summed E-state index contributed by atoms with van der Waals surface area (Å²) in [6, 6.07) is 0. The van der Waals surface area contributed by atoms with Crippen LogP contribution in [0.1, 0.15) is 32.1 Å². The van der Waals surface area contributed by atoms with E-state index in [4.69, 9.17) is 4.74 Å². The van der Waals surface area contributed by atoms with Gasteiger partial charge in [-0.2, -0.15) is 13.2 Å². The molecule has 9 heteroatoms. The number of nitrogens with one attached hydrogen (secondary N) is 1. The predicted molar refractivity (Wildman–Crippen MR) is 74.3 cm³/mol. The van der Waals surface area contributed by atoms with E-state index in [-0.39, 0.29) is 25.0 Å². The highest BCUT2D eigenvalue weighted by atomic mass is 19.4. The Morgan fingerprint density at radius 1 is 1.25 bits per heavy atom. The molecule has 0 aromatic rings. The summed E-state index contributed by atoms with van der Waals surface area (Å²) in [6.45, 7) is 1.05. The maximum absolute atomic E-state index is 12.7. The van der Waals surface area contributed by atoms with Gasteiger partial charge in [0.1, 0.15) is 0 Å². The summed E-state index contributed by atoms with van der Waals surface area (Å²) in [5.74, 6) is -2.90. The van der Waals surface area contributed by atoms with Crippen molar-refractivity contribution in [3.63, 3.8) is 0 Å². The van der Waals surface area contributed by atoms with Crippen LogP contribution >= 0.6 is 0 Å². The number of piperidine rings is 1. The highest BCUT2D eigenvalue weighted by Gasteiger charge is 2.57. The summed E-state index contributed by atoms with van der Waals surface area (Å²) < 4.78 is 42.7. The predicted octanol–water partition coefficient (Wildman–Crippen LogP) is 1.27. The second-order valence-corrected chi connectivity index (χ2v) is 6.41. The average Bonchev–Trinajstić information content (AvgIpc) is 3.01. The molecule has 132 valence electrons. The number of likely N-dealkylation sites (tertiary alicyclic amines) is 1. The quantitative estimate of drug-likeness (QED) is 0.762. The van der Waals surface area contributed by atoms with E-state index in [1.807, 2.05) is 0 Å². The minimum absolute atomic E-state index is 0.00993. The molecule has 3 rings (SSSR count). The lowest BCUT2D eigenvalue weighted by Gasteiger charge is -2.39. The summed E-state index contributed by atoms with van der Waals surface area (Å²) in [5.41, 5.74) is -0.518.